The van der Waals surface area contributed by atoms with E-state index < -0.39 is 29.6 Å². The highest BCUT2D eigenvalue weighted by atomic mass is 19.2. The molecule has 0 spiro atoms. The Balaban J connectivity index is 1.97. The largest absolute Gasteiger partial charge is 0.348 e. The van der Waals surface area contributed by atoms with E-state index in [0.717, 1.165) is 17.7 Å². The monoisotopic (exact) mass is 346 g/mol. The number of hydrogen-bond acceptors (Lipinski definition) is 2. The number of hydrogen-bond donors (Lipinski definition) is 2. The topological polar surface area (TPSA) is 58.2 Å². The number of rotatable bonds is 5. The molecule has 2 atom stereocenters. The molecule has 2 N–H and O–H groups in total. The zero-order valence-electron chi connectivity index (χ0n) is 14.3. The Labute approximate surface area is 145 Å². The molecule has 0 radical (unpaired) electrons. The number of halogens is 2. The first kappa shape index (κ1) is 18.6. The molecule has 0 aliphatic carbocycles. The summed E-state index contributed by atoms with van der Waals surface area (Å²) in [4.78, 5) is 24.4. The lowest BCUT2D eigenvalue weighted by molar-refractivity contribution is -0.123. The van der Waals surface area contributed by atoms with Gasteiger partial charge in [0.2, 0.25) is 5.91 Å². The molecular formula is C19H20F2N2O2. The average molecular weight is 346 g/mol. The zero-order valence-corrected chi connectivity index (χ0v) is 14.3. The van der Waals surface area contributed by atoms with Crippen molar-refractivity contribution in [3.8, 4) is 0 Å². The molecule has 4 nitrogen and oxygen atoms in total. The van der Waals surface area contributed by atoms with Gasteiger partial charge in [-0.15, -0.1) is 0 Å². The van der Waals surface area contributed by atoms with Crippen LogP contribution >= 0.6 is 0 Å². The molecule has 0 aromatic heterocycles. The lowest BCUT2D eigenvalue weighted by Gasteiger charge is -2.19. The van der Waals surface area contributed by atoms with Crippen LogP contribution in [0.1, 0.15) is 41.4 Å². The molecule has 2 aromatic rings. The Kier molecular flexibility index (Phi) is 5.85. The number of nitrogens with one attached hydrogen (secondary N) is 2. The van der Waals surface area contributed by atoms with E-state index in [-0.39, 0.29) is 5.91 Å². The standard InChI is InChI=1S/C19H20F2N2O2/c1-11-5-4-6-15(9-11)19(25)23-13(3)18(24)22-12(2)14-7-8-16(20)17(21)10-14/h4-10,12-13H,1-3H3,(H,22,24)(H,23,25). The summed E-state index contributed by atoms with van der Waals surface area (Å²) in [6, 6.07) is 9.17. The maximum absolute atomic E-state index is 13.3. The van der Waals surface area contributed by atoms with Gasteiger partial charge < -0.3 is 10.6 Å². The van der Waals surface area contributed by atoms with Crippen LogP contribution in [-0.2, 0) is 4.79 Å². The Morgan fingerprint density at radius 1 is 0.960 bits per heavy atom. The molecule has 0 aliphatic heterocycles. The van der Waals surface area contributed by atoms with Crippen molar-refractivity contribution in [2.75, 3.05) is 0 Å². The summed E-state index contributed by atoms with van der Waals surface area (Å²) < 4.78 is 26.3. The van der Waals surface area contributed by atoms with Crippen molar-refractivity contribution in [3.05, 3.63) is 70.8 Å². The molecule has 0 fully saturated rings. The van der Waals surface area contributed by atoms with E-state index in [1.54, 1.807) is 32.0 Å². The minimum Gasteiger partial charge on any atom is -0.348 e. The quantitative estimate of drug-likeness (QED) is 0.873. The van der Waals surface area contributed by atoms with Crippen LogP contribution in [0.15, 0.2) is 42.5 Å². The Bertz CT molecular complexity index is 793. The van der Waals surface area contributed by atoms with E-state index in [9.17, 15) is 18.4 Å². The molecule has 2 amide bonds. The molecule has 2 aromatic carbocycles. The summed E-state index contributed by atoms with van der Waals surface area (Å²) in [6.07, 6.45) is 0. The summed E-state index contributed by atoms with van der Waals surface area (Å²) in [5.74, 6) is -2.69. The van der Waals surface area contributed by atoms with Crippen LogP contribution in [0.3, 0.4) is 0 Å². The van der Waals surface area contributed by atoms with E-state index in [1.807, 2.05) is 13.0 Å². The van der Waals surface area contributed by atoms with Crippen molar-refractivity contribution in [1.29, 1.82) is 0 Å². The SMILES string of the molecule is Cc1cccc(C(=O)NC(C)C(=O)NC(C)c2ccc(F)c(F)c2)c1. The summed E-state index contributed by atoms with van der Waals surface area (Å²) in [7, 11) is 0. The summed E-state index contributed by atoms with van der Waals surface area (Å²) in [6.45, 7) is 5.08. The number of carbonyl (C=O) groups excluding carboxylic acids is 2. The van der Waals surface area contributed by atoms with Crippen LogP contribution < -0.4 is 10.6 Å². The van der Waals surface area contributed by atoms with Gasteiger partial charge in [-0.1, -0.05) is 23.8 Å². The number of carbonyl (C=O) groups is 2. The van der Waals surface area contributed by atoms with Gasteiger partial charge in [0.15, 0.2) is 11.6 Å². The van der Waals surface area contributed by atoms with Crippen molar-refractivity contribution in [1.82, 2.24) is 10.6 Å². The van der Waals surface area contributed by atoms with E-state index >= 15 is 0 Å². The van der Waals surface area contributed by atoms with Crippen LogP contribution in [-0.4, -0.2) is 17.9 Å². The van der Waals surface area contributed by atoms with E-state index in [1.165, 1.54) is 6.07 Å². The first-order chi connectivity index (χ1) is 11.8. The van der Waals surface area contributed by atoms with Crippen molar-refractivity contribution < 1.29 is 18.4 Å². The van der Waals surface area contributed by atoms with E-state index in [2.05, 4.69) is 10.6 Å². The fourth-order valence-electron chi connectivity index (χ4n) is 2.34. The maximum Gasteiger partial charge on any atom is 0.251 e. The molecule has 6 heteroatoms. The van der Waals surface area contributed by atoms with Crippen LogP contribution in [0.25, 0.3) is 0 Å². The predicted molar refractivity (Wildman–Crippen MR) is 91.0 cm³/mol. The minimum atomic E-state index is -0.973. The van der Waals surface area contributed by atoms with Crippen molar-refractivity contribution in [2.45, 2.75) is 32.9 Å². The number of amides is 2. The summed E-state index contributed by atoms with van der Waals surface area (Å²) in [5.41, 5.74) is 1.84. The third-order valence-corrected chi connectivity index (χ3v) is 3.82. The third-order valence-electron chi connectivity index (χ3n) is 3.82. The average Bonchev–Trinajstić information content (AvgIpc) is 2.57. The van der Waals surface area contributed by atoms with Crippen LogP contribution in [0.5, 0.6) is 0 Å². The lowest BCUT2D eigenvalue weighted by Crippen LogP contribution is -2.45. The number of benzene rings is 2. The minimum absolute atomic E-state index is 0.355. The van der Waals surface area contributed by atoms with E-state index in [0.29, 0.717) is 11.1 Å². The lowest BCUT2D eigenvalue weighted by atomic mass is 10.1. The highest BCUT2D eigenvalue weighted by molar-refractivity contribution is 5.97. The first-order valence-electron chi connectivity index (χ1n) is 7.91. The van der Waals surface area contributed by atoms with Gasteiger partial charge in [0, 0.05) is 5.56 Å². The summed E-state index contributed by atoms with van der Waals surface area (Å²) >= 11 is 0. The number of aryl methyl sites for hydroxylation is 1. The van der Waals surface area contributed by atoms with Gasteiger partial charge in [-0.05, 0) is 50.6 Å². The van der Waals surface area contributed by atoms with Crippen molar-refractivity contribution in [2.24, 2.45) is 0 Å². The fraction of sp³-hybridized carbons (Fsp3) is 0.263. The van der Waals surface area contributed by atoms with Gasteiger partial charge in [0.05, 0.1) is 6.04 Å². The third kappa shape index (κ3) is 4.86. The Hall–Kier alpha value is -2.76. The van der Waals surface area contributed by atoms with Gasteiger partial charge >= 0.3 is 0 Å². The van der Waals surface area contributed by atoms with Crippen molar-refractivity contribution in [3.63, 3.8) is 0 Å². The predicted octanol–water partition coefficient (Wildman–Crippen LogP) is 3.27. The highest BCUT2D eigenvalue weighted by Crippen LogP contribution is 2.16. The van der Waals surface area contributed by atoms with Gasteiger partial charge in [0.1, 0.15) is 6.04 Å². The van der Waals surface area contributed by atoms with Gasteiger partial charge in [-0.3, -0.25) is 9.59 Å². The second-order valence-corrected chi connectivity index (χ2v) is 5.97. The Morgan fingerprint density at radius 2 is 1.68 bits per heavy atom. The molecule has 0 aliphatic rings. The second-order valence-electron chi connectivity index (χ2n) is 5.97. The van der Waals surface area contributed by atoms with E-state index in [4.69, 9.17) is 0 Å². The van der Waals surface area contributed by atoms with Gasteiger partial charge in [-0.25, -0.2) is 8.78 Å². The normalized spacial score (nSPS) is 13.0. The molecule has 25 heavy (non-hydrogen) atoms. The molecular weight excluding hydrogens is 326 g/mol. The molecule has 132 valence electrons. The first-order valence-corrected chi connectivity index (χ1v) is 7.91. The van der Waals surface area contributed by atoms with Crippen molar-refractivity contribution >= 4 is 11.8 Å². The fourth-order valence-corrected chi connectivity index (χ4v) is 2.34. The highest BCUT2D eigenvalue weighted by Gasteiger charge is 2.19. The maximum atomic E-state index is 13.3. The van der Waals surface area contributed by atoms with Gasteiger partial charge in [0.25, 0.3) is 5.91 Å². The summed E-state index contributed by atoms with van der Waals surface area (Å²) in [5, 5.41) is 5.28. The van der Waals surface area contributed by atoms with Gasteiger partial charge in [-0.2, -0.15) is 0 Å². The zero-order chi connectivity index (χ0) is 18.6. The molecule has 0 heterocycles. The molecule has 2 unspecified atom stereocenters. The molecule has 0 bridgehead atoms. The second kappa shape index (κ2) is 7.88. The molecule has 0 saturated carbocycles. The van der Waals surface area contributed by atoms with Crippen LogP contribution in [0.4, 0.5) is 8.78 Å². The van der Waals surface area contributed by atoms with Crippen LogP contribution in [0.2, 0.25) is 0 Å². The Morgan fingerprint density at radius 3 is 2.32 bits per heavy atom. The van der Waals surface area contributed by atoms with Crippen LogP contribution in [0, 0.1) is 18.6 Å². The molecule has 0 saturated heterocycles. The molecule has 2 rings (SSSR count). The smallest absolute Gasteiger partial charge is 0.251 e.